The molecule has 1 nitrogen and oxygen atoms in total. The van der Waals surface area contributed by atoms with E-state index in [1.807, 2.05) is 12.1 Å². The predicted molar refractivity (Wildman–Crippen MR) is 85.7 cm³/mol. The molecule has 1 rings (SSSR count). The van der Waals surface area contributed by atoms with Crippen molar-refractivity contribution in [1.29, 1.82) is 0 Å². The van der Waals surface area contributed by atoms with Crippen LogP contribution in [0.1, 0.15) is 51.5 Å². The van der Waals surface area contributed by atoms with Gasteiger partial charge in [-0.05, 0) is 43.6 Å². The largest absolute Gasteiger partial charge is 0.302 e. The lowest BCUT2D eigenvalue weighted by Crippen LogP contribution is -2.18. The van der Waals surface area contributed by atoms with Crippen LogP contribution >= 0.6 is 11.6 Å². The lowest BCUT2D eigenvalue weighted by molar-refractivity contribution is 0.316. The summed E-state index contributed by atoms with van der Waals surface area (Å²) in [6, 6.07) is 8.16. The van der Waals surface area contributed by atoms with E-state index in [-0.39, 0.29) is 0 Å². The maximum Gasteiger partial charge on any atom is 0.0406 e. The van der Waals surface area contributed by atoms with Crippen LogP contribution in [0.15, 0.2) is 24.3 Å². The Balaban J connectivity index is 2.08. The predicted octanol–water partition coefficient (Wildman–Crippen LogP) is 5.38. The Morgan fingerprint density at radius 1 is 1.00 bits per heavy atom. The van der Waals surface area contributed by atoms with Crippen molar-refractivity contribution in [3.05, 3.63) is 34.9 Å². The number of halogens is 1. The average Bonchev–Trinajstić information content (AvgIpc) is 2.36. The van der Waals surface area contributed by atoms with Crippen LogP contribution in [-0.2, 0) is 6.54 Å². The van der Waals surface area contributed by atoms with Gasteiger partial charge in [0.25, 0.3) is 0 Å². The van der Waals surface area contributed by atoms with Crippen LogP contribution in [-0.4, -0.2) is 18.5 Å². The van der Waals surface area contributed by atoms with Gasteiger partial charge in [0.1, 0.15) is 0 Å². The van der Waals surface area contributed by atoms with E-state index in [1.54, 1.807) is 0 Å². The van der Waals surface area contributed by atoms with Crippen molar-refractivity contribution in [3.63, 3.8) is 0 Å². The van der Waals surface area contributed by atoms with Crippen molar-refractivity contribution in [2.75, 3.05) is 13.6 Å². The normalized spacial score (nSPS) is 11.5. The molecule has 0 aliphatic carbocycles. The second-order valence-corrected chi connectivity index (χ2v) is 6.40. The first kappa shape index (κ1) is 16.5. The van der Waals surface area contributed by atoms with E-state index >= 15 is 0 Å². The minimum atomic E-state index is 0.816. The molecule has 0 amide bonds. The standard InChI is InChI=1S/C17H28ClN/c1-15(2)8-6-4-5-7-13-19(3)14-16-9-11-17(18)12-10-16/h9-12,15H,4-8,13-14H2,1-3H3. The highest BCUT2D eigenvalue weighted by Crippen LogP contribution is 2.12. The lowest BCUT2D eigenvalue weighted by atomic mass is 10.0. The fourth-order valence-corrected chi connectivity index (χ4v) is 2.39. The van der Waals surface area contributed by atoms with Crippen LogP contribution < -0.4 is 0 Å². The van der Waals surface area contributed by atoms with Crippen LogP contribution in [0.5, 0.6) is 0 Å². The molecule has 1 aromatic rings. The quantitative estimate of drug-likeness (QED) is 0.549. The molecule has 0 heterocycles. The van der Waals surface area contributed by atoms with Gasteiger partial charge in [0.15, 0.2) is 0 Å². The van der Waals surface area contributed by atoms with Crippen molar-refractivity contribution in [2.24, 2.45) is 5.92 Å². The van der Waals surface area contributed by atoms with Crippen molar-refractivity contribution in [3.8, 4) is 0 Å². The molecular formula is C17H28ClN. The van der Waals surface area contributed by atoms with E-state index in [9.17, 15) is 0 Å². The second kappa shape index (κ2) is 9.39. The first-order chi connectivity index (χ1) is 9.08. The topological polar surface area (TPSA) is 3.24 Å². The zero-order valence-corrected chi connectivity index (χ0v) is 13.4. The minimum Gasteiger partial charge on any atom is -0.302 e. The number of hydrogen-bond acceptors (Lipinski definition) is 1. The Morgan fingerprint density at radius 3 is 2.26 bits per heavy atom. The van der Waals surface area contributed by atoms with Gasteiger partial charge in [-0.3, -0.25) is 0 Å². The molecule has 0 saturated carbocycles. The third-order valence-corrected chi connectivity index (χ3v) is 3.69. The van der Waals surface area contributed by atoms with E-state index in [0.29, 0.717) is 0 Å². The molecule has 108 valence electrons. The lowest BCUT2D eigenvalue weighted by Gasteiger charge is -2.16. The molecule has 0 aliphatic heterocycles. The van der Waals surface area contributed by atoms with E-state index in [4.69, 9.17) is 11.6 Å². The Kier molecular flexibility index (Phi) is 8.16. The van der Waals surface area contributed by atoms with Crippen LogP contribution in [0, 0.1) is 5.92 Å². The Hall–Kier alpha value is -0.530. The van der Waals surface area contributed by atoms with Crippen molar-refractivity contribution in [2.45, 2.75) is 52.5 Å². The van der Waals surface area contributed by atoms with Crippen LogP contribution in [0.25, 0.3) is 0 Å². The number of hydrogen-bond donors (Lipinski definition) is 0. The third-order valence-electron chi connectivity index (χ3n) is 3.44. The van der Waals surface area contributed by atoms with E-state index < -0.39 is 0 Å². The number of rotatable bonds is 9. The van der Waals surface area contributed by atoms with Crippen LogP contribution in [0.2, 0.25) is 5.02 Å². The van der Waals surface area contributed by atoms with Crippen LogP contribution in [0.4, 0.5) is 0 Å². The fourth-order valence-electron chi connectivity index (χ4n) is 2.27. The first-order valence-corrected chi connectivity index (χ1v) is 7.88. The van der Waals surface area contributed by atoms with Gasteiger partial charge >= 0.3 is 0 Å². The van der Waals surface area contributed by atoms with E-state index in [1.165, 1.54) is 44.2 Å². The molecule has 0 unspecified atom stereocenters. The summed E-state index contributed by atoms with van der Waals surface area (Å²) in [5.41, 5.74) is 1.34. The summed E-state index contributed by atoms with van der Waals surface area (Å²) in [6.45, 7) is 6.81. The summed E-state index contributed by atoms with van der Waals surface area (Å²) in [5.74, 6) is 0.854. The summed E-state index contributed by atoms with van der Waals surface area (Å²) in [6.07, 6.45) is 6.81. The van der Waals surface area contributed by atoms with E-state index in [2.05, 4.69) is 37.9 Å². The van der Waals surface area contributed by atoms with Gasteiger partial charge < -0.3 is 4.90 Å². The van der Waals surface area contributed by atoms with Gasteiger partial charge in [-0.25, -0.2) is 0 Å². The molecular weight excluding hydrogens is 254 g/mol. The SMILES string of the molecule is CC(C)CCCCCCN(C)Cc1ccc(Cl)cc1. The highest BCUT2D eigenvalue weighted by atomic mass is 35.5. The smallest absolute Gasteiger partial charge is 0.0406 e. The summed E-state index contributed by atoms with van der Waals surface area (Å²) in [7, 11) is 2.20. The summed E-state index contributed by atoms with van der Waals surface area (Å²) >= 11 is 5.89. The van der Waals surface area contributed by atoms with Gasteiger partial charge in [0.05, 0.1) is 0 Å². The molecule has 0 aromatic heterocycles. The van der Waals surface area contributed by atoms with Crippen LogP contribution in [0.3, 0.4) is 0 Å². The molecule has 19 heavy (non-hydrogen) atoms. The maximum atomic E-state index is 5.89. The second-order valence-electron chi connectivity index (χ2n) is 5.96. The summed E-state index contributed by atoms with van der Waals surface area (Å²) in [5, 5.41) is 0.816. The molecule has 0 fully saturated rings. The van der Waals surface area contributed by atoms with Crippen molar-refractivity contribution < 1.29 is 0 Å². The fraction of sp³-hybridized carbons (Fsp3) is 0.647. The molecule has 0 bridgehead atoms. The Labute approximate surface area is 124 Å². The number of benzene rings is 1. The minimum absolute atomic E-state index is 0.816. The van der Waals surface area contributed by atoms with Gasteiger partial charge in [-0.1, -0.05) is 63.3 Å². The van der Waals surface area contributed by atoms with Gasteiger partial charge in [-0.2, -0.15) is 0 Å². The zero-order valence-electron chi connectivity index (χ0n) is 12.7. The molecule has 0 radical (unpaired) electrons. The monoisotopic (exact) mass is 281 g/mol. The van der Waals surface area contributed by atoms with Gasteiger partial charge in [0, 0.05) is 11.6 Å². The molecule has 0 spiro atoms. The highest BCUT2D eigenvalue weighted by molar-refractivity contribution is 6.30. The third kappa shape index (κ3) is 8.28. The van der Waals surface area contributed by atoms with Gasteiger partial charge in [0.2, 0.25) is 0 Å². The Morgan fingerprint density at radius 2 is 1.63 bits per heavy atom. The number of unbranched alkanes of at least 4 members (excludes halogenated alkanes) is 3. The summed E-state index contributed by atoms with van der Waals surface area (Å²) in [4.78, 5) is 2.39. The molecule has 0 aliphatic rings. The molecule has 0 N–H and O–H groups in total. The Bertz CT molecular complexity index is 332. The zero-order chi connectivity index (χ0) is 14.1. The molecule has 1 aromatic carbocycles. The van der Waals surface area contributed by atoms with Crippen molar-refractivity contribution in [1.82, 2.24) is 4.90 Å². The molecule has 2 heteroatoms. The van der Waals surface area contributed by atoms with Crippen molar-refractivity contribution >= 4 is 11.6 Å². The summed E-state index contributed by atoms with van der Waals surface area (Å²) < 4.78 is 0. The average molecular weight is 282 g/mol. The first-order valence-electron chi connectivity index (χ1n) is 7.51. The molecule has 0 atom stereocenters. The molecule has 0 saturated heterocycles. The van der Waals surface area contributed by atoms with E-state index in [0.717, 1.165) is 17.5 Å². The number of nitrogens with zero attached hydrogens (tertiary/aromatic N) is 1. The highest BCUT2D eigenvalue weighted by Gasteiger charge is 2.01. The maximum absolute atomic E-state index is 5.89. The van der Waals surface area contributed by atoms with Gasteiger partial charge in [-0.15, -0.1) is 0 Å².